The van der Waals surface area contributed by atoms with Crippen molar-refractivity contribution < 1.29 is 0 Å². The molecule has 0 aliphatic carbocycles. The lowest BCUT2D eigenvalue weighted by molar-refractivity contribution is 0.996. The summed E-state index contributed by atoms with van der Waals surface area (Å²) in [6, 6.07) is 6.39. The van der Waals surface area contributed by atoms with Gasteiger partial charge in [-0.2, -0.15) is 0 Å². The number of aromatic nitrogens is 2. The molecule has 0 saturated carbocycles. The lowest BCUT2D eigenvalue weighted by Crippen LogP contribution is -2.10. The van der Waals surface area contributed by atoms with E-state index in [-0.39, 0.29) is 0 Å². The molecular weight excluding hydrogens is 244 g/mol. The van der Waals surface area contributed by atoms with Crippen molar-refractivity contribution >= 4 is 17.6 Å². The molecule has 0 bridgehead atoms. The molecular formula is C13H16N4S. The van der Waals surface area contributed by atoms with Crippen LogP contribution in [-0.2, 0) is 0 Å². The van der Waals surface area contributed by atoms with Crippen molar-refractivity contribution in [1.82, 2.24) is 9.97 Å². The van der Waals surface area contributed by atoms with Crippen molar-refractivity contribution in [3.05, 3.63) is 41.2 Å². The summed E-state index contributed by atoms with van der Waals surface area (Å²) in [6.07, 6.45) is 1.52. The maximum Gasteiger partial charge on any atom is 0.147 e. The highest BCUT2D eigenvalue weighted by molar-refractivity contribution is 7.99. The molecule has 2 aromatic rings. The highest BCUT2D eigenvalue weighted by Gasteiger charge is 2.08. The van der Waals surface area contributed by atoms with Crippen LogP contribution in [0.15, 0.2) is 34.4 Å². The van der Waals surface area contributed by atoms with E-state index in [1.165, 1.54) is 22.3 Å². The average molecular weight is 260 g/mol. The number of rotatable bonds is 3. The lowest BCUT2D eigenvalue weighted by atomic mass is 10.1. The summed E-state index contributed by atoms with van der Waals surface area (Å²) in [4.78, 5) is 9.53. The van der Waals surface area contributed by atoms with Gasteiger partial charge in [0.15, 0.2) is 0 Å². The molecule has 94 valence electrons. The smallest absolute Gasteiger partial charge is 0.147 e. The second-order valence-corrected chi connectivity index (χ2v) is 5.21. The normalized spacial score (nSPS) is 10.4. The van der Waals surface area contributed by atoms with E-state index in [2.05, 4.69) is 47.4 Å². The van der Waals surface area contributed by atoms with E-state index in [4.69, 9.17) is 5.84 Å². The number of nitrogens with two attached hydrogens (primary N) is 1. The Morgan fingerprint density at radius 2 is 1.89 bits per heavy atom. The minimum Gasteiger partial charge on any atom is -0.308 e. The molecule has 1 heterocycles. The highest BCUT2D eigenvalue weighted by Crippen LogP contribution is 2.31. The van der Waals surface area contributed by atoms with E-state index in [1.54, 1.807) is 11.8 Å². The summed E-state index contributed by atoms with van der Waals surface area (Å²) in [5, 5.41) is 0.918. The Labute approximate surface area is 111 Å². The van der Waals surface area contributed by atoms with E-state index in [0.29, 0.717) is 5.82 Å². The molecule has 1 aromatic carbocycles. The van der Waals surface area contributed by atoms with Crippen molar-refractivity contribution in [1.29, 1.82) is 0 Å². The second-order valence-electron chi connectivity index (χ2n) is 4.14. The molecule has 1 aromatic heterocycles. The maximum atomic E-state index is 5.41. The van der Waals surface area contributed by atoms with Crippen molar-refractivity contribution in [2.75, 3.05) is 5.43 Å². The van der Waals surface area contributed by atoms with Crippen LogP contribution in [0.1, 0.15) is 16.7 Å². The molecule has 18 heavy (non-hydrogen) atoms. The van der Waals surface area contributed by atoms with Crippen LogP contribution < -0.4 is 11.3 Å². The first-order valence-electron chi connectivity index (χ1n) is 5.65. The van der Waals surface area contributed by atoms with E-state index < -0.39 is 0 Å². The Bertz CT molecular complexity index is 569. The predicted molar refractivity (Wildman–Crippen MR) is 74.6 cm³/mol. The van der Waals surface area contributed by atoms with E-state index in [1.807, 2.05) is 6.92 Å². The largest absolute Gasteiger partial charge is 0.308 e. The number of nitrogens with zero attached hydrogens (tertiary/aromatic N) is 2. The fourth-order valence-corrected chi connectivity index (χ4v) is 2.52. The topological polar surface area (TPSA) is 63.8 Å². The standard InChI is InChI=1S/C13H16N4S/c1-8-4-5-11(6-9(8)2)18-13-10(3)12(17-14)15-7-16-13/h4-7H,14H2,1-3H3,(H,15,16,17). The fraction of sp³-hybridized carbons (Fsp3) is 0.231. The minimum atomic E-state index is 0.663. The monoisotopic (exact) mass is 260 g/mol. The molecule has 3 N–H and O–H groups in total. The van der Waals surface area contributed by atoms with Crippen LogP contribution in [0, 0.1) is 20.8 Å². The summed E-state index contributed by atoms with van der Waals surface area (Å²) in [5.74, 6) is 6.07. The van der Waals surface area contributed by atoms with Gasteiger partial charge in [0.25, 0.3) is 0 Å². The van der Waals surface area contributed by atoms with Crippen molar-refractivity contribution in [3.8, 4) is 0 Å². The number of hydrazine groups is 1. The van der Waals surface area contributed by atoms with Gasteiger partial charge in [-0.1, -0.05) is 17.8 Å². The zero-order valence-corrected chi connectivity index (χ0v) is 11.5. The van der Waals surface area contributed by atoms with Gasteiger partial charge in [0, 0.05) is 10.5 Å². The number of nitrogens with one attached hydrogen (secondary N) is 1. The van der Waals surface area contributed by atoms with Gasteiger partial charge in [-0.05, 0) is 44.0 Å². The Morgan fingerprint density at radius 1 is 1.11 bits per heavy atom. The first-order valence-corrected chi connectivity index (χ1v) is 6.47. The number of hydrogen-bond donors (Lipinski definition) is 2. The van der Waals surface area contributed by atoms with E-state index in [9.17, 15) is 0 Å². The van der Waals surface area contributed by atoms with Gasteiger partial charge in [0.05, 0.1) is 0 Å². The van der Waals surface area contributed by atoms with Gasteiger partial charge >= 0.3 is 0 Å². The number of hydrogen-bond acceptors (Lipinski definition) is 5. The summed E-state index contributed by atoms with van der Waals surface area (Å²) in [7, 11) is 0. The molecule has 0 spiro atoms. The molecule has 0 atom stereocenters. The number of aryl methyl sites for hydroxylation is 2. The van der Waals surface area contributed by atoms with Crippen LogP contribution in [-0.4, -0.2) is 9.97 Å². The fourth-order valence-electron chi connectivity index (χ4n) is 1.57. The van der Waals surface area contributed by atoms with Gasteiger partial charge in [0.1, 0.15) is 17.2 Å². The SMILES string of the molecule is Cc1ccc(Sc2ncnc(NN)c2C)cc1C. The van der Waals surface area contributed by atoms with Gasteiger partial charge < -0.3 is 5.43 Å². The summed E-state index contributed by atoms with van der Waals surface area (Å²) >= 11 is 1.62. The summed E-state index contributed by atoms with van der Waals surface area (Å²) in [6.45, 7) is 6.17. The molecule has 0 fully saturated rings. The van der Waals surface area contributed by atoms with E-state index in [0.717, 1.165) is 10.6 Å². The summed E-state index contributed by atoms with van der Waals surface area (Å²) < 4.78 is 0. The van der Waals surface area contributed by atoms with Crippen LogP contribution >= 0.6 is 11.8 Å². The first kappa shape index (κ1) is 12.9. The van der Waals surface area contributed by atoms with Crippen LogP contribution in [0.2, 0.25) is 0 Å². The Morgan fingerprint density at radius 3 is 2.56 bits per heavy atom. The molecule has 0 radical (unpaired) electrons. The van der Waals surface area contributed by atoms with Gasteiger partial charge in [0.2, 0.25) is 0 Å². The molecule has 0 unspecified atom stereocenters. The number of anilines is 1. The molecule has 0 aliphatic rings. The van der Waals surface area contributed by atoms with E-state index >= 15 is 0 Å². The first-order chi connectivity index (χ1) is 8.61. The molecule has 0 aliphatic heterocycles. The molecule has 0 amide bonds. The third-order valence-electron chi connectivity index (χ3n) is 2.87. The minimum absolute atomic E-state index is 0.663. The highest BCUT2D eigenvalue weighted by atomic mass is 32.2. The van der Waals surface area contributed by atoms with Gasteiger partial charge in [-0.15, -0.1) is 0 Å². The molecule has 4 nitrogen and oxygen atoms in total. The number of benzene rings is 1. The third-order valence-corrected chi connectivity index (χ3v) is 3.96. The van der Waals surface area contributed by atoms with Crippen molar-refractivity contribution in [2.24, 2.45) is 5.84 Å². The maximum absolute atomic E-state index is 5.41. The third kappa shape index (κ3) is 2.63. The second kappa shape index (κ2) is 5.37. The van der Waals surface area contributed by atoms with Crippen LogP contribution in [0.4, 0.5) is 5.82 Å². The summed E-state index contributed by atoms with van der Waals surface area (Å²) in [5.41, 5.74) is 6.11. The van der Waals surface area contributed by atoms with Crippen molar-refractivity contribution in [2.45, 2.75) is 30.7 Å². The van der Waals surface area contributed by atoms with Crippen molar-refractivity contribution in [3.63, 3.8) is 0 Å². The number of nitrogen functional groups attached to an aromatic ring is 1. The van der Waals surface area contributed by atoms with Gasteiger partial charge in [-0.25, -0.2) is 15.8 Å². The predicted octanol–water partition coefficient (Wildman–Crippen LogP) is 2.84. The Hall–Kier alpha value is -1.59. The molecule has 2 rings (SSSR count). The van der Waals surface area contributed by atoms with Crippen LogP contribution in [0.25, 0.3) is 0 Å². The van der Waals surface area contributed by atoms with Gasteiger partial charge in [-0.3, -0.25) is 0 Å². The Balaban J connectivity index is 2.31. The quantitative estimate of drug-likeness (QED) is 0.505. The lowest BCUT2D eigenvalue weighted by Gasteiger charge is -2.09. The van der Waals surface area contributed by atoms with Crippen LogP contribution in [0.3, 0.4) is 0 Å². The average Bonchev–Trinajstić information content (AvgIpc) is 2.36. The molecule has 0 saturated heterocycles. The Kier molecular flexibility index (Phi) is 3.84. The van der Waals surface area contributed by atoms with Crippen LogP contribution in [0.5, 0.6) is 0 Å². The molecule has 5 heteroatoms. The zero-order chi connectivity index (χ0) is 13.1. The zero-order valence-electron chi connectivity index (χ0n) is 10.7.